The van der Waals surface area contributed by atoms with Gasteiger partial charge in [-0.2, -0.15) is 0 Å². The lowest BCUT2D eigenvalue weighted by Gasteiger charge is -2.11. The van der Waals surface area contributed by atoms with E-state index >= 15 is 0 Å². The number of halogens is 3. The smallest absolute Gasteiger partial charge is 0.271 e. The van der Waals surface area contributed by atoms with Crippen LogP contribution in [0.1, 0.15) is 20.7 Å². The van der Waals surface area contributed by atoms with Crippen LogP contribution in [0.5, 0.6) is 0 Å². The van der Waals surface area contributed by atoms with E-state index in [0.29, 0.717) is 5.02 Å². The van der Waals surface area contributed by atoms with E-state index in [-0.39, 0.29) is 31.8 Å². The molecule has 0 radical (unpaired) electrons. The fraction of sp³-hybridized carbons (Fsp3) is 0. The molecule has 0 saturated heterocycles. The standard InChI is InChI=1S/C20H14Cl3N3O4S/c21-13-8-9-15(17(23)11-13)20(28)25-24-19(27)12-4-3-5-14(10-12)31(29,30)26-18-7-2-1-6-16(18)22/h1-11,26H,(H,24,27)(H,25,28). The molecule has 0 spiro atoms. The first-order valence-electron chi connectivity index (χ1n) is 8.60. The number of nitrogens with one attached hydrogen (secondary N) is 3. The molecule has 160 valence electrons. The summed E-state index contributed by atoms with van der Waals surface area (Å²) in [4.78, 5) is 24.4. The van der Waals surface area contributed by atoms with Crippen molar-refractivity contribution in [3.8, 4) is 0 Å². The Kier molecular flexibility index (Phi) is 7.07. The van der Waals surface area contributed by atoms with Gasteiger partial charge in [0.05, 0.1) is 26.2 Å². The average Bonchev–Trinajstić information content (AvgIpc) is 2.73. The highest BCUT2D eigenvalue weighted by Gasteiger charge is 2.18. The van der Waals surface area contributed by atoms with E-state index in [9.17, 15) is 18.0 Å². The summed E-state index contributed by atoms with van der Waals surface area (Å²) in [6, 6.07) is 15.9. The molecule has 0 fully saturated rings. The largest absolute Gasteiger partial charge is 0.278 e. The lowest BCUT2D eigenvalue weighted by Crippen LogP contribution is -2.41. The molecule has 0 saturated carbocycles. The summed E-state index contributed by atoms with van der Waals surface area (Å²) >= 11 is 17.7. The van der Waals surface area contributed by atoms with Gasteiger partial charge in [-0.3, -0.25) is 25.2 Å². The molecule has 11 heteroatoms. The fourth-order valence-electron chi connectivity index (χ4n) is 2.48. The summed E-state index contributed by atoms with van der Waals surface area (Å²) in [7, 11) is -4.01. The number of rotatable bonds is 5. The molecule has 7 nitrogen and oxygen atoms in total. The Bertz CT molecular complexity index is 1270. The van der Waals surface area contributed by atoms with Crippen LogP contribution in [-0.4, -0.2) is 20.2 Å². The Morgan fingerprint density at radius 3 is 2.16 bits per heavy atom. The lowest BCUT2D eigenvalue weighted by atomic mass is 10.2. The monoisotopic (exact) mass is 497 g/mol. The normalized spacial score (nSPS) is 10.9. The molecule has 2 amide bonds. The van der Waals surface area contributed by atoms with Gasteiger partial charge in [-0.15, -0.1) is 0 Å². The van der Waals surface area contributed by atoms with Crippen molar-refractivity contribution in [2.24, 2.45) is 0 Å². The molecule has 0 aliphatic heterocycles. The second kappa shape index (κ2) is 9.57. The van der Waals surface area contributed by atoms with Crippen LogP contribution in [0.4, 0.5) is 5.69 Å². The molecule has 3 aromatic rings. The van der Waals surface area contributed by atoms with Crippen molar-refractivity contribution in [2.75, 3.05) is 4.72 Å². The summed E-state index contributed by atoms with van der Waals surface area (Å²) in [5.74, 6) is -1.40. The second-order valence-corrected chi connectivity index (χ2v) is 9.08. The molecule has 3 N–H and O–H groups in total. The van der Waals surface area contributed by atoms with Gasteiger partial charge in [0.1, 0.15) is 0 Å². The molecule has 0 unspecified atom stereocenters. The Morgan fingerprint density at radius 2 is 1.45 bits per heavy atom. The Labute approximate surface area is 193 Å². The zero-order valence-corrected chi connectivity index (χ0v) is 18.6. The number of hydrogen-bond acceptors (Lipinski definition) is 4. The van der Waals surface area contributed by atoms with Crippen molar-refractivity contribution in [3.63, 3.8) is 0 Å². The van der Waals surface area contributed by atoms with Gasteiger partial charge < -0.3 is 0 Å². The maximum atomic E-state index is 12.6. The number of carbonyl (C=O) groups is 2. The molecule has 31 heavy (non-hydrogen) atoms. The first-order valence-corrected chi connectivity index (χ1v) is 11.2. The van der Waals surface area contributed by atoms with E-state index in [0.717, 1.165) is 6.07 Å². The lowest BCUT2D eigenvalue weighted by molar-refractivity contribution is 0.0846. The number of sulfonamides is 1. The number of para-hydroxylation sites is 1. The fourth-order valence-corrected chi connectivity index (χ4v) is 4.34. The summed E-state index contributed by atoms with van der Waals surface area (Å²) < 4.78 is 27.7. The molecular weight excluding hydrogens is 485 g/mol. The van der Waals surface area contributed by atoms with Crippen LogP contribution in [0.2, 0.25) is 15.1 Å². The molecule has 0 bridgehead atoms. The van der Waals surface area contributed by atoms with Crippen LogP contribution in [0.25, 0.3) is 0 Å². The molecule has 0 atom stereocenters. The van der Waals surface area contributed by atoms with Gasteiger partial charge in [-0.05, 0) is 48.5 Å². The van der Waals surface area contributed by atoms with Crippen molar-refractivity contribution in [1.29, 1.82) is 0 Å². The maximum Gasteiger partial charge on any atom is 0.271 e. The number of hydrogen-bond donors (Lipinski definition) is 3. The zero-order chi connectivity index (χ0) is 22.6. The predicted octanol–water partition coefficient (Wildman–Crippen LogP) is 4.52. The van der Waals surface area contributed by atoms with Crippen molar-refractivity contribution >= 4 is 62.3 Å². The number of carbonyl (C=O) groups excluding carboxylic acids is 2. The van der Waals surface area contributed by atoms with Crippen molar-refractivity contribution in [2.45, 2.75) is 4.90 Å². The van der Waals surface area contributed by atoms with Crippen molar-refractivity contribution in [3.05, 3.63) is 92.9 Å². The molecule has 3 aromatic carbocycles. The van der Waals surface area contributed by atoms with Crippen LogP contribution in [0.15, 0.2) is 71.6 Å². The first-order chi connectivity index (χ1) is 14.7. The van der Waals surface area contributed by atoms with E-state index in [1.165, 1.54) is 42.5 Å². The second-order valence-electron chi connectivity index (χ2n) is 6.15. The van der Waals surface area contributed by atoms with E-state index in [1.807, 2.05) is 0 Å². The van der Waals surface area contributed by atoms with Gasteiger partial charge in [-0.1, -0.05) is 53.0 Å². The minimum absolute atomic E-state index is 0.00420. The number of hydrazine groups is 1. The van der Waals surface area contributed by atoms with Crippen molar-refractivity contribution < 1.29 is 18.0 Å². The van der Waals surface area contributed by atoms with Gasteiger partial charge in [0, 0.05) is 10.6 Å². The molecule has 0 aliphatic carbocycles. The molecule has 0 heterocycles. The Hall–Kier alpha value is -2.78. The Balaban J connectivity index is 1.72. The van der Waals surface area contributed by atoms with Gasteiger partial charge in [0.2, 0.25) is 0 Å². The SMILES string of the molecule is O=C(NNC(=O)c1ccc(Cl)cc1Cl)c1cccc(S(=O)(=O)Nc2ccccc2Cl)c1. The highest BCUT2D eigenvalue weighted by atomic mass is 35.5. The molecule has 3 rings (SSSR count). The quantitative estimate of drug-likeness (QED) is 0.450. The summed E-state index contributed by atoms with van der Waals surface area (Å²) in [6.07, 6.45) is 0. The molecular formula is C20H14Cl3N3O4S. The number of benzene rings is 3. The van der Waals surface area contributed by atoms with Crippen LogP contribution < -0.4 is 15.6 Å². The third-order valence-electron chi connectivity index (χ3n) is 3.99. The highest BCUT2D eigenvalue weighted by Crippen LogP contribution is 2.24. The van der Waals surface area contributed by atoms with E-state index in [1.54, 1.807) is 18.2 Å². The summed E-state index contributed by atoms with van der Waals surface area (Å²) in [6.45, 7) is 0. The minimum Gasteiger partial charge on any atom is -0.278 e. The third kappa shape index (κ3) is 5.68. The maximum absolute atomic E-state index is 12.6. The third-order valence-corrected chi connectivity index (χ3v) is 6.23. The van der Waals surface area contributed by atoms with Gasteiger partial charge in [0.25, 0.3) is 21.8 Å². The zero-order valence-electron chi connectivity index (χ0n) is 15.5. The van der Waals surface area contributed by atoms with Crippen LogP contribution in [-0.2, 0) is 10.0 Å². The highest BCUT2D eigenvalue weighted by molar-refractivity contribution is 7.92. The van der Waals surface area contributed by atoms with Crippen LogP contribution >= 0.6 is 34.8 Å². The van der Waals surface area contributed by atoms with E-state index in [4.69, 9.17) is 34.8 Å². The number of amides is 2. The predicted molar refractivity (Wildman–Crippen MR) is 120 cm³/mol. The van der Waals surface area contributed by atoms with Crippen molar-refractivity contribution in [1.82, 2.24) is 10.9 Å². The molecule has 0 aliphatic rings. The minimum atomic E-state index is -4.01. The topological polar surface area (TPSA) is 104 Å². The average molecular weight is 499 g/mol. The van der Waals surface area contributed by atoms with Crippen LogP contribution in [0.3, 0.4) is 0 Å². The summed E-state index contributed by atoms with van der Waals surface area (Å²) in [5, 5.41) is 0.690. The van der Waals surface area contributed by atoms with E-state index in [2.05, 4.69) is 15.6 Å². The first kappa shape index (κ1) is 22.9. The molecule has 0 aromatic heterocycles. The van der Waals surface area contributed by atoms with Crippen LogP contribution in [0, 0.1) is 0 Å². The summed E-state index contributed by atoms with van der Waals surface area (Å²) in [5.41, 5.74) is 4.73. The van der Waals surface area contributed by atoms with Gasteiger partial charge in [0.15, 0.2) is 0 Å². The Morgan fingerprint density at radius 1 is 0.742 bits per heavy atom. The van der Waals surface area contributed by atoms with E-state index < -0.39 is 21.8 Å². The van der Waals surface area contributed by atoms with Gasteiger partial charge >= 0.3 is 0 Å². The van der Waals surface area contributed by atoms with Gasteiger partial charge in [-0.25, -0.2) is 8.42 Å². The number of anilines is 1.